The normalized spacial score (nSPS) is 18.8. The van der Waals surface area contributed by atoms with E-state index >= 15 is 0 Å². The van der Waals surface area contributed by atoms with Gasteiger partial charge in [0.25, 0.3) is 0 Å². The molecule has 2 rings (SSSR count). The van der Waals surface area contributed by atoms with Gasteiger partial charge in [-0.1, -0.05) is 36.2 Å². The van der Waals surface area contributed by atoms with Crippen LogP contribution in [0.1, 0.15) is 51.2 Å². The van der Waals surface area contributed by atoms with E-state index in [9.17, 15) is 0 Å². The molecule has 1 saturated carbocycles. The predicted molar refractivity (Wildman–Crippen MR) is 74.5 cm³/mol. The summed E-state index contributed by atoms with van der Waals surface area (Å²) in [7, 11) is 0. The molecule has 1 aliphatic rings. The van der Waals surface area contributed by atoms with E-state index in [-0.39, 0.29) is 5.54 Å². The maximum atomic E-state index is 3.68. The monoisotopic (exact) mass is 231 g/mol. The fourth-order valence-corrected chi connectivity index (χ4v) is 2.51. The molecule has 0 saturated heterocycles. The maximum Gasteiger partial charge on any atom is 0.00968 e. The summed E-state index contributed by atoms with van der Waals surface area (Å²) in [6.45, 7) is 10.0. The van der Waals surface area contributed by atoms with Crippen molar-refractivity contribution in [3.05, 3.63) is 35.4 Å². The number of hydrogen-bond donors (Lipinski definition) is 1. The van der Waals surface area contributed by atoms with E-state index in [0.717, 1.165) is 6.54 Å². The summed E-state index contributed by atoms with van der Waals surface area (Å²) in [4.78, 5) is 0. The van der Waals surface area contributed by atoms with Crippen molar-refractivity contribution >= 4 is 0 Å². The molecule has 0 amide bonds. The molecule has 1 aliphatic carbocycles. The Bertz CT molecular complexity index is 366. The third kappa shape index (κ3) is 2.90. The molecule has 1 aromatic carbocycles. The summed E-state index contributed by atoms with van der Waals surface area (Å²) in [5, 5.41) is 3.68. The maximum absolute atomic E-state index is 3.68. The number of benzene rings is 1. The quantitative estimate of drug-likeness (QED) is 0.834. The van der Waals surface area contributed by atoms with Gasteiger partial charge in [-0.3, -0.25) is 0 Å². The predicted octanol–water partition coefficient (Wildman–Crippen LogP) is 3.80. The van der Waals surface area contributed by atoms with E-state index in [0.29, 0.717) is 5.41 Å². The molecule has 0 bridgehead atoms. The average molecular weight is 231 g/mol. The van der Waals surface area contributed by atoms with Crippen molar-refractivity contribution in [2.75, 3.05) is 6.54 Å². The van der Waals surface area contributed by atoms with Gasteiger partial charge in [-0.15, -0.1) is 0 Å². The van der Waals surface area contributed by atoms with Crippen molar-refractivity contribution < 1.29 is 0 Å². The average Bonchev–Trinajstić information content (AvgIpc) is 2.17. The fourth-order valence-electron chi connectivity index (χ4n) is 2.51. The Morgan fingerprint density at radius 2 is 1.71 bits per heavy atom. The minimum absolute atomic E-state index is 0.216. The standard InChI is InChI=1S/C16H25N/c1-13-6-8-14(9-7-13)16(10-5-11-16)12-17-15(2,3)4/h6-9,17H,5,10-12H2,1-4H3. The molecule has 0 radical (unpaired) electrons. The summed E-state index contributed by atoms with van der Waals surface area (Å²) in [6.07, 6.45) is 4.04. The number of aryl methyl sites for hydroxylation is 1. The first-order valence-corrected chi connectivity index (χ1v) is 6.74. The Hall–Kier alpha value is -0.820. The number of hydrogen-bond acceptors (Lipinski definition) is 1. The zero-order valence-corrected chi connectivity index (χ0v) is 11.6. The van der Waals surface area contributed by atoms with E-state index in [4.69, 9.17) is 0 Å². The van der Waals surface area contributed by atoms with Gasteiger partial charge in [0.05, 0.1) is 0 Å². The van der Waals surface area contributed by atoms with Crippen molar-refractivity contribution in [3.8, 4) is 0 Å². The molecule has 1 fully saturated rings. The van der Waals surface area contributed by atoms with Gasteiger partial charge in [0.1, 0.15) is 0 Å². The van der Waals surface area contributed by atoms with Gasteiger partial charge in [-0.25, -0.2) is 0 Å². The zero-order chi connectivity index (χ0) is 12.5. The molecule has 94 valence electrons. The summed E-state index contributed by atoms with van der Waals surface area (Å²) in [6, 6.07) is 9.12. The molecule has 1 N–H and O–H groups in total. The largest absolute Gasteiger partial charge is 0.311 e. The molecule has 0 atom stereocenters. The van der Waals surface area contributed by atoms with Crippen LogP contribution in [0.25, 0.3) is 0 Å². The van der Waals surface area contributed by atoms with Crippen LogP contribution in [0.2, 0.25) is 0 Å². The second kappa shape index (κ2) is 4.45. The minimum atomic E-state index is 0.216. The number of rotatable bonds is 3. The van der Waals surface area contributed by atoms with E-state index in [1.54, 1.807) is 0 Å². The van der Waals surface area contributed by atoms with E-state index in [1.165, 1.54) is 30.4 Å². The molecule has 0 aromatic heterocycles. The Kier molecular flexibility index (Phi) is 3.31. The Balaban J connectivity index is 2.11. The summed E-state index contributed by atoms with van der Waals surface area (Å²) < 4.78 is 0. The van der Waals surface area contributed by atoms with Crippen molar-refractivity contribution in [2.24, 2.45) is 0 Å². The smallest absolute Gasteiger partial charge is 0.00968 e. The zero-order valence-electron chi connectivity index (χ0n) is 11.6. The van der Waals surface area contributed by atoms with Crippen molar-refractivity contribution in [3.63, 3.8) is 0 Å². The number of nitrogens with one attached hydrogen (secondary N) is 1. The highest BCUT2D eigenvalue weighted by molar-refractivity contribution is 5.31. The van der Waals surface area contributed by atoms with Gasteiger partial charge in [0.2, 0.25) is 0 Å². The lowest BCUT2D eigenvalue weighted by Crippen LogP contribution is -2.49. The lowest BCUT2D eigenvalue weighted by Gasteiger charge is -2.44. The van der Waals surface area contributed by atoms with Crippen LogP contribution in [0.4, 0.5) is 0 Å². The highest BCUT2D eigenvalue weighted by Gasteiger charge is 2.38. The Morgan fingerprint density at radius 3 is 2.12 bits per heavy atom. The molecular weight excluding hydrogens is 206 g/mol. The summed E-state index contributed by atoms with van der Waals surface area (Å²) in [5.74, 6) is 0. The first-order valence-electron chi connectivity index (χ1n) is 6.74. The highest BCUT2D eigenvalue weighted by atomic mass is 15.0. The van der Waals surface area contributed by atoms with Crippen LogP contribution in [-0.2, 0) is 5.41 Å². The van der Waals surface area contributed by atoms with E-state index in [2.05, 4.69) is 57.3 Å². The molecule has 1 nitrogen and oxygen atoms in total. The minimum Gasteiger partial charge on any atom is -0.311 e. The van der Waals surface area contributed by atoms with Gasteiger partial charge in [0.15, 0.2) is 0 Å². The van der Waals surface area contributed by atoms with Crippen LogP contribution in [0, 0.1) is 6.92 Å². The molecule has 0 spiro atoms. The first kappa shape index (κ1) is 12.6. The van der Waals surface area contributed by atoms with Crippen LogP contribution in [0.5, 0.6) is 0 Å². The SMILES string of the molecule is Cc1ccc(C2(CNC(C)(C)C)CCC2)cc1. The van der Waals surface area contributed by atoms with Crippen LogP contribution >= 0.6 is 0 Å². The highest BCUT2D eigenvalue weighted by Crippen LogP contribution is 2.43. The second-order valence-electron chi connectivity index (χ2n) is 6.60. The third-order valence-electron chi connectivity index (χ3n) is 3.93. The fraction of sp³-hybridized carbons (Fsp3) is 0.625. The molecule has 1 heteroatoms. The van der Waals surface area contributed by atoms with Crippen LogP contribution in [0.3, 0.4) is 0 Å². The topological polar surface area (TPSA) is 12.0 Å². The third-order valence-corrected chi connectivity index (χ3v) is 3.93. The van der Waals surface area contributed by atoms with Crippen LogP contribution in [-0.4, -0.2) is 12.1 Å². The molecule has 0 unspecified atom stereocenters. The first-order chi connectivity index (χ1) is 7.91. The van der Waals surface area contributed by atoms with Gasteiger partial charge in [-0.05, 0) is 46.1 Å². The van der Waals surface area contributed by atoms with Gasteiger partial charge >= 0.3 is 0 Å². The Labute approximate surface area is 106 Å². The van der Waals surface area contributed by atoms with Crippen molar-refractivity contribution in [1.82, 2.24) is 5.32 Å². The van der Waals surface area contributed by atoms with E-state index in [1.807, 2.05) is 0 Å². The van der Waals surface area contributed by atoms with Crippen LogP contribution < -0.4 is 5.32 Å². The Morgan fingerprint density at radius 1 is 1.12 bits per heavy atom. The molecule has 0 aliphatic heterocycles. The van der Waals surface area contributed by atoms with Gasteiger partial charge in [0, 0.05) is 17.5 Å². The molecular formula is C16H25N. The van der Waals surface area contributed by atoms with E-state index < -0.39 is 0 Å². The van der Waals surface area contributed by atoms with Crippen LogP contribution in [0.15, 0.2) is 24.3 Å². The van der Waals surface area contributed by atoms with Gasteiger partial charge < -0.3 is 5.32 Å². The molecule has 1 aromatic rings. The van der Waals surface area contributed by atoms with Crippen molar-refractivity contribution in [1.29, 1.82) is 0 Å². The lowest BCUT2D eigenvalue weighted by molar-refractivity contribution is 0.213. The molecule has 0 heterocycles. The lowest BCUT2D eigenvalue weighted by atomic mass is 9.64. The van der Waals surface area contributed by atoms with Crippen molar-refractivity contribution in [2.45, 2.75) is 57.9 Å². The van der Waals surface area contributed by atoms with Gasteiger partial charge in [-0.2, -0.15) is 0 Å². The summed E-state index contributed by atoms with van der Waals surface area (Å²) >= 11 is 0. The second-order valence-corrected chi connectivity index (χ2v) is 6.60. The summed E-state index contributed by atoms with van der Waals surface area (Å²) in [5.41, 5.74) is 3.49. The molecule has 17 heavy (non-hydrogen) atoms.